The molecule has 1 N–H and O–H groups in total. The average Bonchev–Trinajstić information content (AvgIpc) is 2.48. The van der Waals surface area contributed by atoms with Gasteiger partial charge in [-0.25, -0.2) is 4.98 Å². The molecule has 5 heteroatoms. The van der Waals surface area contributed by atoms with Gasteiger partial charge >= 0.3 is 0 Å². The van der Waals surface area contributed by atoms with Crippen molar-refractivity contribution in [3.05, 3.63) is 5.82 Å². The molecule has 0 saturated carbocycles. The molecule has 0 bridgehead atoms. The van der Waals surface area contributed by atoms with Crippen molar-refractivity contribution in [3.63, 3.8) is 0 Å². The van der Waals surface area contributed by atoms with E-state index in [1.807, 2.05) is 6.92 Å². The number of nitrogens with zero attached hydrogens (tertiary/aromatic N) is 3. The number of nitrogens with one attached hydrogen (secondary N) is 1. The zero-order valence-electron chi connectivity index (χ0n) is 10.8. The highest BCUT2D eigenvalue weighted by Crippen LogP contribution is 2.15. The lowest BCUT2D eigenvalue weighted by Crippen LogP contribution is -2.33. The van der Waals surface area contributed by atoms with Crippen molar-refractivity contribution in [2.24, 2.45) is 5.92 Å². The Hall–Kier alpha value is -0.680. The lowest BCUT2D eigenvalue weighted by molar-refractivity contribution is 0.356. The van der Waals surface area contributed by atoms with Crippen LogP contribution in [-0.4, -0.2) is 40.9 Å². The number of hydrogen-bond acceptors (Lipinski definition) is 5. The average molecular weight is 242 g/mol. The molecule has 1 aromatic rings. The fourth-order valence-corrected chi connectivity index (χ4v) is 2.37. The van der Waals surface area contributed by atoms with Gasteiger partial charge in [0, 0.05) is 24.1 Å². The normalized spacial score (nSPS) is 13.4. The maximum absolute atomic E-state index is 4.34. The van der Waals surface area contributed by atoms with Gasteiger partial charge in [-0.3, -0.25) is 0 Å². The minimum absolute atomic E-state index is 0.447. The van der Waals surface area contributed by atoms with Crippen LogP contribution >= 0.6 is 11.5 Å². The summed E-state index contributed by atoms with van der Waals surface area (Å²) in [5, 5.41) is 4.40. The van der Waals surface area contributed by atoms with Gasteiger partial charge in [0.25, 0.3) is 0 Å². The molecule has 16 heavy (non-hydrogen) atoms. The van der Waals surface area contributed by atoms with Crippen LogP contribution in [0, 0.1) is 12.8 Å². The molecule has 92 valence electrons. The third-order valence-electron chi connectivity index (χ3n) is 2.20. The molecule has 0 aliphatic carbocycles. The summed E-state index contributed by atoms with van der Waals surface area (Å²) in [6, 6.07) is 0.447. The topological polar surface area (TPSA) is 41.1 Å². The molecule has 0 aliphatic rings. The Morgan fingerprint density at radius 3 is 2.50 bits per heavy atom. The quantitative estimate of drug-likeness (QED) is 0.830. The summed E-state index contributed by atoms with van der Waals surface area (Å²) in [7, 11) is 4.20. The van der Waals surface area contributed by atoms with E-state index < -0.39 is 0 Å². The molecule has 0 aliphatic heterocycles. The zero-order chi connectivity index (χ0) is 12.1. The molecule has 0 fully saturated rings. The highest BCUT2D eigenvalue weighted by atomic mass is 32.1. The van der Waals surface area contributed by atoms with Crippen molar-refractivity contribution >= 4 is 16.7 Å². The van der Waals surface area contributed by atoms with E-state index in [0.29, 0.717) is 12.0 Å². The van der Waals surface area contributed by atoms with Crippen LogP contribution in [0.25, 0.3) is 0 Å². The van der Waals surface area contributed by atoms with E-state index >= 15 is 0 Å². The molecule has 0 saturated heterocycles. The largest absolute Gasteiger partial charge is 0.356 e. The predicted molar refractivity (Wildman–Crippen MR) is 70.1 cm³/mol. The van der Waals surface area contributed by atoms with E-state index in [9.17, 15) is 0 Å². The second kappa shape index (κ2) is 6.15. The van der Waals surface area contributed by atoms with Gasteiger partial charge in [-0.15, -0.1) is 0 Å². The van der Waals surface area contributed by atoms with Crippen molar-refractivity contribution in [3.8, 4) is 0 Å². The van der Waals surface area contributed by atoms with Crippen LogP contribution in [-0.2, 0) is 0 Å². The molecule has 1 rings (SSSR count). The molecule has 0 spiro atoms. The first-order valence-corrected chi connectivity index (χ1v) is 6.46. The summed E-state index contributed by atoms with van der Waals surface area (Å²) in [6.45, 7) is 7.44. The van der Waals surface area contributed by atoms with Crippen LogP contribution in [0.4, 0.5) is 5.13 Å². The first-order chi connectivity index (χ1) is 7.47. The van der Waals surface area contributed by atoms with E-state index in [0.717, 1.165) is 23.9 Å². The minimum atomic E-state index is 0.447. The number of aryl methyl sites for hydroxylation is 1. The zero-order valence-corrected chi connectivity index (χ0v) is 11.6. The molecule has 1 aromatic heterocycles. The van der Waals surface area contributed by atoms with E-state index in [2.05, 4.69) is 47.5 Å². The fourth-order valence-electron chi connectivity index (χ4n) is 1.72. The van der Waals surface area contributed by atoms with Gasteiger partial charge in [0.2, 0.25) is 5.13 Å². The number of hydrogen-bond donors (Lipinski definition) is 1. The van der Waals surface area contributed by atoms with Crippen molar-refractivity contribution in [1.82, 2.24) is 14.3 Å². The monoisotopic (exact) mass is 242 g/mol. The Kier molecular flexibility index (Phi) is 5.15. The SMILES string of the molecule is Cc1nsc(NC(CC(C)C)CN(C)C)n1. The van der Waals surface area contributed by atoms with Crippen molar-refractivity contribution in [1.29, 1.82) is 0 Å². The van der Waals surface area contributed by atoms with E-state index in [-0.39, 0.29) is 0 Å². The molecule has 1 atom stereocenters. The third kappa shape index (κ3) is 4.90. The molecule has 0 aromatic carbocycles. The van der Waals surface area contributed by atoms with Crippen LogP contribution in [0.2, 0.25) is 0 Å². The fraction of sp³-hybridized carbons (Fsp3) is 0.818. The molecule has 1 unspecified atom stereocenters. The Labute approximate surface area is 102 Å². The number of anilines is 1. The number of rotatable bonds is 6. The van der Waals surface area contributed by atoms with Crippen molar-refractivity contribution < 1.29 is 0 Å². The first-order valence-electron chi connectivity index (χ1n) is 5.69. The molecular weight excluding hydrogens is 220 g/mol. The smallest absolute Gasteiger partial charge is 0.202 e. The summed E-state index contributed by atoms with van der Waals surface area (Å²) < 4.78 is 4.18. The lowest BCUT2D eigenvalue weighted by atomic mass is 10.0. The Morgan fingerprint density at radius 2 is 2.06 bits per heavy atom. The molecular formula is C11H22N4S. The summed E-state index contributed by atoms with van der Waals surface area (Å²) >= 11 is 1.44. The number of likely N-dealkylation sites (N-methyl/N-ethyl adjacent to an activating group) is 1. The van der Waals surface area contributed by atoms with Gasteiger partial charge in [-0.1, -0.05) is 13.8 Å². The summed E-state index contributed by atoms with van der Waals surface area (Å²) in [4.78, 5) is 6.55. The second-order valence-electron chi connectivity index (χ2n) is 4.88. The van der Waals surface area contributed by atoms with E-state index in [1.54, 1.807) is 0 Å². The third-order valence-corrected chi connectivity index (χ3v) is 2.93. The molecule has 4 nitrogen and oxygen atoms in total. The maximum atomic E-state index is 4.34. The van der Waals surface area contributed by atoms with Gasteiger partial charge in [0.05, 0.1) is 0 Å². The van der Waals surface area contributed by atoms with Crippen molar-refractivity contribution in [2.45, 2.75) is 33.2 Å². The van der Waals surface area contributed by atoms with E-state index in [1.165, 1.54) is 11.5 Å². The van der Waals surface area contributed by atoms with E-state index in [4.69, 9.17) is 0 Å². The Balaban J connectivity index is 2.55. The van der Waals surface area contributed by atoms with Gasteiger partial charge in [-0.2, -0.15) is 4.37 Å². The first kappa shape index (κ1) is 13.4. The van der Waals surface area contributed by atoms with Crippen molar-refractivity contribution in [2.75, 3.05) is 26.0 Å². The molecule has 0 radical (unpaired) electrons. The summed E-state index contributed by atoms with van der Waals surface area (Å²) in [6.07, 6.45) is 1.15. The Bertz CT molecular complexity index is 299. The van der Waals surface area contributed by atoms with Gasteiger partial charge < -0.3 is 10.2 Å². The molecule has 0 amide bonds. The van der Waals surface area contributed by atoms with Gasteiger partial charge in [0.1, 0.15) is 5.82 Å². The Morgan fingerprint density at radius 1 is 1.38 bits per heavy atom. The molecule has 1 heterocycles. The van der Waals surface area contributed by atoms with Gasteiger partial charge in [0.15, 0.2) is 0 Å². The second-order valence-corrected chi connectivity index (χ2v) is 5.63. The van der Waals surface area contributed by atoms with Crippen LogP contribution in [0.3, 0.4) is 0 Å². The minimum Gasteiger partial charge on any atom is -0.356 e. The van der Waals surface area contributed by atoms with Crippen LogP contribution in [0.5, 0.6) is 0 Å². The maximum Gasteiger partial charge on any atom is 0.202 e. The van der Waals surface area contributed by atoms with Crippen LogP contribution in [0.15, 0.2) is 0 Å². The van der Waals surface area contributed by atoms with Crippen LogP contribution < -0.4 is 5.32 Å². The van der Waals surface area contributed by atoms with Crippen LogP contribution in [0.1, 0.15) is 26.1 Å². The summed E-state index contributed by atoms with van der Waals surface area (Å²) in [5.74, 6) is 1.53. The van der Waals surface area contributed by atoms with Gasteiger partial charge in [-0.05, 0) is 33.4 Å². The lowest BCUT2D eigenvalue weighted by Gasteiger charge is -2.23. The summed E-state index contributed by atoms with van der Waals surface area (Å²) in [5.41, 5.74) is 0. The predicted octanol–water partition coefficient (Wildman–Crippen LogP) is 2.23. The number of aromatic nitrogens is 2. The highest BCUT2D eigenvalue weighted by Gasteiger charge is 2.13. The highest BCUT2D eigenvalue weighted by molar-refractivity contribution is 7.09. The standard InChI is InChI=1S/C11H22N4S/c1-8(2)6-10(7-15(4)5)13-11-12-9(3)14-16-11/h8,10H,6-7H2,1-5H3,(H,12,13,14).